The fourth-order valence-corrected chi connectivity index (χ4v) is 16.9. The second-order valence-electron chi connectivity index (χ2n) is 32.8. The number of carbonyl (C=O) groups excluding carboxylic acids is 5. The maximum absolute atomic E-state index is 13.2. The van der Waals surface area contributed by atoms with Crippen LogP contribution in [0.4, 0.5) is 0 Å². The van der Waals surface area contributed by atoms with Crippen LogP contribution in [0.2, 0.25) is 0 Å². The highest BCUT2D eigenvalue weighted by Crippen LogP contribution is 2.42. The van der Waals surface area contributed by atoms with E-state index in [1.54, 1.807) is 6.92 Å². The summed E-state index contributed by atoms with van der Waals surface area (Å²) >= 11 is 0. The summed E-state index contributed by atoms with van der Waals surface area (Å²) in [5, 5.41) is 302. The number of aliphatic hydroxyl groups is 26. The zero-order valence-corrected chi connectivity index (χ0v) is 69.7. The minimum Gasteiger partial charge on any atom is -0.410 e. The van der Waals surface area contributed by atoms with Crippen LogP contribution in [0.25, 0.3) is 0 Å². The number of ether oxygens (including phenoxy) is 20. The molecule has 0 radical (unpaired) electrons. The van der Waals surface area contributed by atoms with Crippen molar-refractivity contribution in [3.05, 3.63) is 0 Å². The van der Waals surface area contributed by atoms with E-state index in [2.05, 4.69) is 21.3 Å². The molecule has 0 aromatic heterocycles. The summed E-state index contributed by atoms with van der Waals surface area (Å²) < 4.78 is 119. The topological polar surface area (TPSA) is 844 Å². The van der Waals surface area contributed by atoms with E-state index in [0.717, 1.165) is 27.7 Å². The Bertz CT molecular complexity index is 3480. The maximum Gasteiger partial charge on any atom is 0.329 e. The van der Waals surface area contributed by atoms with Gasteiger partial charge >= 0.3 is 5.97 Å². The van der Waals surface area contributed by atoms with Gasteiger partial charge in [0.2, 0.25) is 23.6 Å². The van der Waals surface area contributed by atoms with Gasteiger partial charge in [0.1, 0.15) is 226 Å². The highest BCUT2D eigenvalue weighted by molar-refractivity contribution is 5.74. The van der Waals surface area contributed by atoms with E-state index < -0.39 is 396 Å². The van der Waals surface area contributed by atoms with Crippen molar-refractivity contribution in [1.29, 1.82) is 0 Å². The van der Waals surface area contributed by atoms with E-state index in [1.807, 2.05) is 0 Å². The van der Waals surface area contributed by atoms with Gasteiger partial charge in [-0.1, -0.05) is 6.92 Å². The Labute approximate surface area is 727 Å². The molecule has 21 unspecified atom stereocenters. The van der Waals surface area contributed by atoms with Crippen LogP contribution in [-0.2, 0) is 119 Å². The maximum atomic E-state index is 13.2. The summed E-state index contributed by atoms with van der Waals surface area (Å²) in [7, 11) is 0. The molecule has 4 amide bonds. The van der Waals surface area contributed by atoms with Gasteiger partial charge in [-0.2, -0.15) is 0 Å². The Morgan fingerprint density at radius 2 is 0.672 bits per heavy atom. The normalized spacial score (nSPS) is 47.8. The van der Waals surface area contributed by atoms with Crippen molar-refractivity contribution in [2.75, 3.05) is 66.1 Å². The van der Waals surface area contributed by atoms with E-state index in [0.29, 0.717) is 0 Å². The molecule has 10 aliphatic rings. The van der Waals surface area contributed by atoms with Gasteiger partial charge in [-0.25, -0.2) is 0 Å². The van der Waals surface area contributed by atoms with Gasteiger partial charge in [-0.15, -0.1) is 0 Å². The third kappa shape index (κ3) is 23.6. The zero-order valence-electron chi connectivity index (χ0n) is 69.7. The van der Waals surface area contributed by atoms with Gasteiger partial charge in [0.25, 0.3) is 6.47 Å². The summed E-state index contributed by atoms with van der Waals surface area (Å²) in [4.78, 5) is 63.5. The molecule has 55 heteroatoms. The molecule has 0 bridgehead atoms. The Morgan fingerprint density at radius 1 is 0.352 bits per heavy atom. The van der Waals surface area contributed by atoms with E-state index in [9.17, 15) is 157 Å². The van der Waals surface area contributed by atoms with Crippen LogP contribution in [-0.4, -0.2) is 529 Å². The number of aliphatic hydroxyl groups excluding tert-OH is 26. The molecule has 10 rings (SSSR count). The highest BCUT2D eigenvalue weighted by Gasteiger charge is 2.62. The quantitative estimate of drug-likeness (QED) is 0.0205. The number of hydrogen-bond acceptors (Lipinski definition) is 51. The molecule has 740 valence electrons. The number of amides is 4. The van der Waals surface area contributed by atoms with Crippen LogP contribution in [0.1, 0.15) is 54.4 Å². The number of nitrogens with one attached hydrogen (secondary N) is 4. The molecule has 128 heavy (non-hydrogen) atoms. The van der Waals surface area contributed by atoms with Crippen molar-refractivity contribution in [3.8, 4) is 0 Å². The molecular weight excluding hydrogens is 1750 g/mol. The fraction of sp³-hybridized carbons (Fsp3) is 0.932. The molecule has 10 fully saturated rings. The Balaban J connectivity index is 0.959. The van der Waals surface area contributed by atoms with E-state index >= 15 is 0 Å². The van der Waals surface area contributed by atoms with Gasteiger partial charge in [0.05, 0.1) is 84.3 Å². The first kappa shape index (κ1) is 106. The predicted octanol–water partition coefficient (Wildman–Crippen LogP) is -19.6. The van der Waals surface area contributed by atoms with Crippen molar-refractivity contribution in [3.63, 3.8) is 0 Å². The van der Waals surface area contributed by atoms with Gasteiger partial charge in [0, 0.05) is 34.1 Å². The van der Waals surface area contributed by atoms with Crippen molar-refractivity contribution in [2.24, 2.45) is 5.92 Å². The van der Waals surface area contributed by atoms with Gasteiger partial charge in [-0.05, 0) is 19.3 Å². The summed E-state index contributed by atoms with van der Waals surface area (Å²) in [5.41, 5.74) is 0. The van der Waals surface area contributed by atoms with Gasteiger partial charge in [0.15, 0.2) is 50.3 Å². The second-order valence-corrected chi connectivity index (χ2v) is 32.8. The SMILES string of the molecule is CC(=O)NC1C(O)[C@H](O[C@@H]2OC(CO)[C@H](O)[C@H](O)C2O)[C@H](CO)O[C@H]1OC1[C@@H](OCC2O[C@@H](O[C@@H]3C(CO)O[C@@H](O[C@@H]4C(CO)O[C@@H](C)C(NC(C)=O)[C@H]4O)C(NC(C)=O)[C@H]3O)C(O)[C@@H](O[C@H]3OC(CO)[C@@H](O)C(O)C3O[C@@H]3OC(CO)[C@@H](O[C@@H]4OC(CO[C@]5(OC=O)CC[C@@H](C)C([C@H](O)C(O)CO)O5)[C@H](O)[C@H](O)C4O)[C@H](O)C3NC(C)=O)[C@@H]2O)OC(CO)[C@@H](O)[C@@H]1O. The summed E-state index contributed by atoms with van der Waals surface area (Å²) in [6, 6.07) is -7.09. The first-order valence-corrected chi connectivity index (χ1v) is 41.3. The second kappa shape index (κ2) is 46.4. The monoisotopic (exact) mass is 1870 g/mol. The van der Waals surface area contributed by atoms with Crippen molar-refractivity contribution in [1.82, 2.24) is 21.3 Å². The summed E-state index contributed by atoms with van der Waals surface area (Å²) in [5.74, 6) is -6.48. The molecule has 55 nitrogen and oxygen atoms in total. The van der Waals surface area contributed by atoms with Crippen LogP contribution < -0.4 is 21.3 Å². The number of carbonyl (C=O) groups is 5. The summed E-state index contributed by atoms with van der Waals surface area (Å²) in [6.07, 6.45) is -90.7. The smallest absolute Gasteiger partial charge is 0.329 e. The van der Waals surface area contributed by atoms with Crippen molar-refractivity contribution < 1.29 is 251 Å². The lowest BCUT2D eigenvalue weighted by atomic mass is 9.89. The third-order valence-electron chi connectivity index (χ3n) is 23.9. The summed E-state index contributed by atoms with van der Waals surface area (Å²) in [6.45, 7) is -3.88. The largest absolute Gasteiger partial charge is 0.410 e. The molecular formula is C73H122N4O51. The van der Waals surface area contributed by atoms with Gasteiger partial charge in [-0.3, -0.25) is 24.0 Å². The lowest BCUT2D eigenvalue weighted by Crippen LogP contribution is -2.71. The standard InChI is InChI=1S/C73H122N4O51/c1-20-7-8-73(111-19-86,128-57(20)40(92)26(91)9-78)110-18-35-44(96)51(103)55(107)69(120-35)123-60-32(15-84)118-67(39(49(60)101)77-25(6)90)127-64-53(105)43(95)29(12-81)115-72(64)125-62-45(97)34(119-70(56(62)108)124-61-33(16-85)116-65(37(47(61)99)75-23(4)88)121-58-30(13-82)112-21(2)36(46(58)98)74-22(3)87)17-109-71-63(52(104)42(94)28(11-80)114-71)126-66-38(76-24(5)89)48(100)59(31(14-83)117-66)122-68-54(106)50(102)41(93)27(10-79)113-68/h19-21,26-72,78-85,91-108H,7-18H2,1-6H3,(H,74,87)(H,75,88)(H,76,89)(H,77,90)/t20-,21+,26?,27?,28?,29?,30?,31+,32?,33?,34?,35?,36?,37?,38?,39?,40-,41+,42-,43-,44+,45-,46-,47-,48?,49-,50+,51+,52+,53?,54?,55?,56?,57?,58-,59-,60-,61-,62+,63?,64?,65+,66+,67+,68+,69+,70+,71+,72-,73+/m1/s1. The van der Waals surface area contributed by atoms with Crippen molar-refractivity contribution in [2.45, 2.75) is 355 Å². The molecule has 10 aliphatic heterocycles. The highest BCUT2D eigenvalue weighted by atomic mass is 16.9. The molecule has 0 spiro atoms. The zero-order chi connectivity index (χ0) is 94.3. The average Bonchev–Trinajstić information content (AvgIpc) is 0.764. The fourth-order valence-electron chi connectivity index (χ4n) is 16.9. The third-order valence-corrected chi connectivity index (χ3v) is 23.9. The van der Waals surface area contributed by atoms with Crippen LogP contribution in [0.15, 0.2) is 0 Å². The minimum atomic E-state index is -2.60. The van der Waals surface area contributed by atoms with E-state index in [4.69, 9.17) is 94.7 Å². The molecule has 0 aromatic rings. The minimum absolute atomic E-state index is 0.0776. The Hall–Kier alpha value is -4.45. The lowest BCUT2D eigenvalue weighted by Gasteiger charge is -2.51. The van der Waals surface area contributed by atoms with Crippen molar-refractivity contribution >= 4 is 30.1 Å². The molecule has 30 N–H and O–H groups in total. The van der Waals surface area contributed by atoms with E-state index in [-0.39, 0.29) is 19.3 Å². The molecule has 0 saturated carbocycles. The molecule has 10 saturated heterocycles. The van der Waals surface area contributed by atoms with Crippen LogP contribution >= 0.6 is 0 Å². The Morgan fingerprint density at radius 3 is 1.08 bits per heavy atom. The van der Waals surface area contributed by atoms with Crippen LogP contribution in [0.3, 0.4) is 0 Å². The predicted molar refractivity (Wildman–Crippen MR) is 398 cm³/mol. The van der Waals surface area contributed by atoms with Gasteiger partial charge < -0.3 is 249 Å². The molecule has 50 atom stereocenters. The number of hydrogen-bond donors (Lipinski definition) is 30. The lowest BCUT2D eigenvalue weighted by molar-refractivity contribution is -0.415. The van der Waals surface area contributed by atoms with Crippen LogP contribution in [0.5, 0.6) is 0 Å². The molecule has 10 heterocycles. The molecule has 0 aliphatic carbocycles. The molecule has 0 aromatic carbocycles. The van der Waals surface area contributed by atoms with Crippen LogP contribution in [0, 0.1) is 5.92 Å². The Kier molecular flexibility index (Phi) is 38.3. The average molecular weight is 1870 g/mol. The number of rotatable bonds is 36. The first-order chi connectivity index (χ1) is 60.6. The first-order valence-electron chi connectivity index (χ1n) is 41.3. The van der Waals surface area contributed by atoms with E-state index in [1.165, 1.54) is 6.92 Å².